The van der Waals surface area contributed by atoms with Crippen LogP contribution in [-0.2, 0) is 4.79 Å². The third kappa shape index (κ3) is 4.62. The van der Waals surface area contributed by atoms with Gasteiger partial charge in [0.25, 0.3) is 0 Å². The zero-order valence-corrected chi connectivity index (χ0v) is 15.2. The van der Waals surface area contributed by atoms with E-state index in [4.69, 9.17) is 0 Å². The van der Waals surface area contributed by atoms with E-state index in [-0.39, 0.29) is 11.8 Å². The first-order valence-corrected chi connectivity index (χ1v) is 9.25. The maximum atomic E-state index is 12.3. The fourth-order valence-corrected chi connectivity index (χ4v) is 3.22. The maximum Gasteiger partial charge on any atom is 0.223 e. The van der Waals surface area contributed by atoms with Crippen molar-refractivity contribution in [3.8, 4) is 5.69 Å². The zero-order chi connectivity index (χ0) is 17.6. The predicted molar refractivity (Wildman–Crippen MR) is 101 cm³/mol. The summed E-state index contributed by atoms with van der Waals surface area (Å²) in [5.74, 6) is 1.98. The zero-order valence-electron chi connectivity index (χ0n) is 15.2. The predicted octanol–water partition coefficient (Wildman–Crippen LogP) is 3.25. The summed E-state index contributed by atoms with van der Waals surface area (Å²) in [5, 5.41) is 3.09. The van der Waals surface area contributed by atoms with E-state index in [1.165, 1.54) is 0 Å². The first kappa shape index (κ1) is 17.5. The molecule has 1 aliphatic rings. The average molecular weight is 340 g/mol. The molecular weight excluding hydrogens is 312 g/mol. The number of carbonyl (C=O) groups excluding carboxylic acids is 1. The van der Waals surface area contributed by atoms with Crippen molar-refractivity contribution in [1.29, 1.82) is 0 Å². The van der Waals surface area contributed by atoms with Crippen molar-refractivity contribution in [3.63, 3.8) is 0 Å². The molecule has 134 valence electrons. The second-order valence-electron chi connectivity index (χ2n) is 7.20. The number of nitrogens with zero attached hydrogens (tertiary/aromatic N) is 3. The van der Waals surface area contributed by atoms with Gasteiger partial charge in [-0.3, -0.25) is 4.79 Å². The Labute approximate surface area is 150 Å². The van der Waals surface area contributed by atoms with Gasteiger partial charge in [-0.2, -0.15) is 0 Å². The molecule has 25 heavy (non-hydrogen) atoms. The van der Waals surface area contributed by atoms with Gasteiger partial charge in [0.1, 0.15) is 5.82 Å². The van der Waals surface area contributed by atoms with E-state index in [2.05, 4.69) is 41.2 Å². The molecule has 3 heterocycles. The lowest BCUT2D eigenvalue weighted by atomic mass is 9.95. The van der Waals surface area contributed by atoms with Crippen LogP contribution in [0.2, 0.25) is 0 Å². The third-order valence-electron chi connectivity index (χ3n) is 4.85. The van der Waals surface area contributed by atoms with Crippen LogP contribution in [0.1, 0.15) is 33.1 Å². The van der Waals surface area contributed by atoms with E-state index < -0.39 is 0 Å². The van der Waals surface area contributed by atoms with Crippen LogP contribution in [0.25, 0.3) is 5.69 Å². The van der Waals surface area contributed by atoms with Gasteiger partial charge in [-0.1, -0.05) is 13.8 Å². The Morgan fingerprint density at radius 2 is 1.96 bits per heavy atom. The third-order valence-corrected chi connectivity index (χ3v) is 4.85. The highest BCUT2D eigenvalue weighted by Gasteiger charge is 2.25. The molecule has 1 N–H and O–H groups in total. The number of aromatic nitrogens is 2. The largest absolute Gasteiger partial charge is 0.357 e. The van der Waals surface area contributed by atoms with Crippen molar-refractivity contribution in [2.75, 3.05) is 24.5 Å². The van der Waals surface area contributed by atoms with E-state index in [9.17, 15) is 4.79 Å². The lowest BCUT2D eigenvalue weighted by Crippen LogP contribution is -2.41. The van der Waals surface area contributed by atoms with Crippen molar-refractivity contribution in [1.82, 2.24) is 14.9 Å². The number of nitrogens with one attached hydrogen (secondary N) is 1. The molecule has 3 rings (SSSR count). The van der Waals surface area contributed by atoms with Crippen LogP contribution < -0.4 is 10.2 Å². The van der Waals surface area contributed by atoms with Gasteiger partial charge >= 0.3 is 0 Å². The quantitative estimate of drug-likeness (QED) is 0.878. The molecule has 5 nitrogen and oxygen atoms in total. The Hall–Kier alpha value is -2.30. The summed E-state index contributed by atoms with van der Waals surface area (Å²) < 4.78 is 2.05. The average Bonchev–Trinajstić information content (AvgIpc) is 3.16. The monoisotopic (exact) mass is 340 g/mol. The molecule has 0 radical (unpaired) electrons. The van der Waals surface area contributed by atoms with Crippen LogP contribution in [0.4, 0.5) is 5.82 Å². The van der Waals surface area contributed by atoms with Gasteiger partial charge in [0.2, 0.25) is 5.91 Å². The number of amides is 1. The number of hydrogen-bond donors (Lipinski definition) is 1. The van der Waals surface area contributed by atoms with Crippen LogP contribution in [-0.4, -0.2) is 35.1 Å². The highest BCUT2D eigenvalue weighted by atomic mass is 16.1. The molecule has 1 amide bonds. The Bertz CT molecular complexity index is 656. The van der Waals surface area contributed by atoms with E-state index >= 15 is 0 Å². The SMILES string of the molecule is CC(C)CCNC(=O)C1CCN(c2ccc(-n3cccc3)cn2)CC1. The number of carbonyl (C=O) groups is 1. The van der Waals surface area contributed by atoms with E-state index in [0.29, 0.717) is 5.92 Å². The Balaban J connectivity index is 1.49. The van der Waals surface area contributed by atoms with Gasteiger partial charge in [-0.25, -0.2) is 4.98 Å². The smallest absolute Gasteiger partial charge is 0.223 e. The molecule has 1 aliphatic heterocycles. The van der Waals surface area contributed by atoms with E-state index in [1.807, 2.05) is 35.3 Å². The number of piperidine rings is 1. The fraction of sp³-hybridized carbons (Fsp3) is 0.500. The van der Waals surface area contributed by atoms with Crippen LogP contribution >= 0.6 is 0 Å². The van der Waals surface area contributed by atoms with Gasteiger partial charge in [0.15, 0.2) is 0 Å². The first-order valence-electron chi connectivity index (χ1n) is 9.25. The fourth-order valence-electron chi connectivity index (χ4n) is 3.22. The molecule has 2 aromatic rings. The maximum absolute atomic E-state index is 12.3. The number of pyridine rings is 1. The van der Waals surface area contributed by atoms with Crippen molar-refractivity contribution >= 4 is 11.7 Å². The molecule has 0 atom stereocenters. The number of hydrogen-bond acceptors (Lipinski definition) is 3. The molecule has 0 saturated carbocycles. The summed E-state index contributed by atoms with van der Waals surface area (Å²) >= 11 is 0. The molecule has 0 aromatic carbocycles. The van der Waals surface area contributed by atoms with Gasteiger partial charge in [0, 0.05) is 37.9 Å². The van der Waals surface area contributed by atoms with Crippen LogP contribution in [0, 0.1) is 11.8 Å². The normalized spacial score (nSPS) is 15.6. The lowest BCUT2D eigenvalue weighted by molar-refractivity contribution is -0.125. The molecule has 0 spiro atoms. The minimum Gasteiger partial charge on any atom is -0.357 e. The van der Waals surface area contributed by atoms with Crippen molar-refractivity contribution in [3.05, 3.63) is 42.9 Å². The van der Waals surface area contributed by atoms with Gasteiger partial charge < -0.3 is 14.8 Å². The number of rotatable bonds is 6. The van der Waals surface area contributed by atoms with Crippen LogP contribution in [0.5, 0.6) is 0 Å². The summed E-state index contributed by atoms with van der Waals surface area (Å²) in [6.07, 6.45) is 8.77. The second kappa shape index (κ2) is 8.19. The summed E-state index contributed by atoms with van der Waals surface area (Å²) in [4.78, 5) is 19.1. The lowest BCUT2D eigenvalue weighted by Gasteiger charge is -2.32. The van der Waals surface area contributed by atoms with E-state index in [0.717, 1.165) is 50.4 Å². The van der Waals surface area contributed by atoms with Gasteiger partial charge in [0.05, 0.1) is 11.9 Å². The summed E-state index contributed by atoms with van der Waals surface area (Å²) in [5.41, 5.74) is 1.06. The van der Waals surface area contributed by atoms with Gasteiger partial charge in [-0.15, -0.1) is 0 Å². The minimum atomic E-state index is 0.141. The van der Waals surface area contributed by atoms with Crippen molar-refractivity contribution in [2.45, 2.75) is 33.1 Å². The summed E-state index contributed by atoms with van der Waals surface area (Å²) in [6, 6.07) is 8.17. The van der Waals surface area contributed by atoms with Crippen LogP contribution in [0.3, 0.4) is 0 Å². The second-order valence-corrected chi connectivity index (χ2v) is 7.20. The topological polar surface area (TPSA) is 50.2 Å². The minimum absolute atomic E-state index is 0.141. The van der Waals surface area contributed by atoms with Crippen molar-refractivity contribution < 1.29 is 4.79 Å². The number of anilines is 1. The summed E-state index contributed by atoms with van der Waals surface area (Å²) in [7, 11) is 0. The molecule has 1 saturated heterocycles. The Kier molecular flexibility index (Phi) is 5.74. The molecule has 2 aromatic heterocycles. The van der Waals surface area contributed by atoms with Crippen molar-refractivity contribution in [2.24, 2.45) is 11.8 Å². The molecule has 0 aliphatic carbocycles. The Morgan fingerprint density at radius 1 is 1.24 bits per heavy atom. The molecule has 0 bridgehead atoms. The Morgan fingerprint density at radius 3 is 2.56 bits per heavy atom. The molecular formula is C20H28N4O. The molecule has 5 heteroatoms. The highest BCUT2D eigenvalue weighted by Crippen LogP contribution is 2.22. The molecule has 0 unspecified atom stereocenters. The van der Waals surface area contributed by atoms with Gasteiger partial charge in [-0.05, 0) is 49.4 Å². The molecule has 1 fully saturated rings. The van der Waals surface area contributed by atoms with Crippen LogP contribution in [0.15, 0.2) is 42.9 Å². The first-order chi connectivity index (χ1) is 12.1. The summed E-state index contributed by atoms with van der Waals surface area (Å²) in [6.45, 7) is 6.92. The standard InChI is InChI=1S/C20H28N4O/c1-16(2)7-10-21-20(25)17-8-13-24(14-9-17)19-6-5-18(15-22-19)23-11-3-4-12-23/h3-6,11-12,15-17H,7-10,13-14H2,1-2H3,(H,21,25). The highest BCUT2D eigenvalue weighted by molar-refractivity contribution is 5.78. The van der Waals surface area contributed by atoms with E-state index in [1.54, 1.807) is 0 Å².